The molecule has 4 rings (SSSR count). The summed E-state index contributed by atoms with van der Waals surface area (Å²) in [6, 6.07) is 16.8. The van der Waals surface area contributed by atoms with E-state index in [9.17, 15) is 38.4 Å². The molecule has 0 N–H and O–H groups in total. The van der Waals surface area contributed by atoms with Gasteiger partial charge in [-0.2, -0.15) is 0 Å². The summed E-state index contributed by atoms with van der Waals surface area (Å²) in [4.78, 5) is 91.5. The maximum absolute atomic E-state index is 11.5. The molecule has 0 fully saturated rings. The fraction of sp³-hybridized carbons (Fsp3) is 0.261. The van der Waals surface area contributed by atoms with Crippen LogP contribution in [0.1, 0.15) is 88.8 Å². The predicted molar refractivity (Wildman–Crippen MR) is 222 cm³/mol. The summed E-state index contributed by atoms with van der Waals surface area (Å²) >= 11 is 0. The maximum Gasteiger partial charge on any atom is 0.308 e. The second kappa shape index (κ2) is 22.7. The van der Waals surface area contributed by atoms with Gasteiger partial charge < -0.3 is 37.9 Å². The molecule has 16 nitrogen and oxygen atoms in total. The molecule has 326 valence electrons. The smallest absolute Gasteiger partial charge is 0.308 e. The number of esters is 8. The van der Waals surface area contributed by atoms with Gasteiger partial charge in [0.25, 0.3) is 0 Å². The average Bonchev–Trinajstić information content (AvgIpc) is 3.10. The van der Waals surface area contributed by atoms with Crippen LogP contribution in [0.4, 0.5) is 0 Å². The van der Waals surface area contributed by atoms with Gasteiger partial charge in [-0.25, -0.2) is 0 Å². The van der Waals surface area contributed by atoms with Crippen LogP contribution in [0.15, 0.2) is 60.7 Å². The van der Waals surface area contributed by atoms with Crippen molar-refractivity contribution in [3.05, 3.63) is 94.0 Å². The second-order valence-corrected chi connectivity index (χ2v) is 13.6. The van der Waals surface area contributed by atoms with E-state index in [2.05, 4.69) is 0 Å². The molecule has 0 radical (unpaired) electrons. The van der Waals surface area contributed by atoms with Gasteiger partial charge in [0.15, 0.2) is 23.0 Å². The normalized spacial score (nSPS) is 10.4. The van der Waals surface area contributed by atoms with Crippen molar-refractivity contribution in [1.82, 2.24) is 0 Å². The summed E-state index contributed by atoms with van der Waals surface area (Å²) in [5, 5.41) is 0. The predicted octanol–water partition coefficient (Wildman–Crippen LogP) is 7.35. The summed E-state index contributed by atoms with van der Waals surface area (Å²) in [7, 11) is 0. The number of aryl methyl sites for hydroxylation is 4. The lowest BCUT2D eigenvalue weighted by atomic mass is 10.0. The molecule has 0 bridgehead atoms. The number of benzene rings is 4. The molecule has 0 aliphatic rings. The minimum atomic E-state index is -0.678. The Kier molecular flexibility index (Phi) is 17.8. The zero-order valence-electron chi connectivity index (χ0n) is 35.9. The highest BCUT2D eigenvalue weighted by molar-refractivity contribution is 5.81. The van der Waals surface area contributed by atoms with Gasteiger partial charge in [0.2, 0.25) is 11.5 Å². The molecule has 0 aromatic heterocycles. The fourth-order valence-corrected chi connectivity index (χ4v) is 5.65. The van der Waals surface area contributed by atoms with Crippen LogP contribution in [0.2, 0.25) is 0 Å². The van der Waals surface area contributed by atoms with Crippen molar-refractivity contribution in [2.24, 2.45) is 0 Å². The molecular formula is C46H46O16. The van der Waals surface area contributed by atoms with E-state index in [1.165, 1.54) is 67.5 Å². The standard InChI is InChI=1S/C23H24O8.C23H22O8/c2*1-13-8-18(10-20(9-13)28-14(2)24)6-7-19-11-21(29-15(3)25)23(31-17(5)27)22(12-19)30-16(4)26/h8-12H,6-7H2,1-5H3;6-12H,1-5H3/b;7-6+. The minimum absolute atomic E-state index is 0.0266. The topological polar surface area (TPSA) is 210 Å². The second-order valence-electron chi connectivity index (χ2n) is 13.6. The molecule has 0 unspecified atom stereocenters. The lowest BCUT2D eigenvalue weighted by molar-refractivity contribution is -0.135. The number of carbonyl (C=O) groups excluding carboxylic acids is 8. The Labute approximate surface area is 357 Å². The van der Waals surface area contributed by atoms with Crippen LogP contribution in [0.3, 0.4) is 0 Å². The molecule has 0 atom stereocenters. The average molecular weight is 855 g/mol. The fourth-order valence-electron chi connectivity index (χ4n) is 5.65. The summed E-state index contributed by atoms with van der Waals surface area (Å²) < 4.78 is 41.2. The monoisotopic (exact) mass is 854 g/mol. The van der Waals surface area contributed by atoms with E-state index in [0.29, 0.717) is 35.5 Å². The Morgan fingerprint density at radius 2 is 0.661 bits per heavy atom. The molecule has 0 spiro atoms. The van der Waals surface area contributed by atoms with Crippen molar-refractivity contribution >= 4 is 59.9 Å². The van der Waals surface area contributed by atoms with Crippen LogP contribution in [0, 0.1) is 13.8 Å². The largest absolute Gasteiger partial charge is 0.427 e. The van der Waals surface area contributed by atoms with Crippen molar-refractivity contribution in [3.8, 4) is 46.0 Å². The van der Waals surface area contributed by atoms with Crippen molar-refractivity contribution in [2.75, 3.05) is 0 Å². The van der Waals surface area contributed by atoms with E-state index in [-0.39, 0.29) is 34.5 Å². The Bertz CT molecular complexity index is 2350. The van der Waals surface area contributed by atoms with Crippen LogP contribution in [-0.2, 0) is 51.2 Å². The molecule has 0 amide bonds. The molecule has 0 aliphatic heterocycles. The summed E-state index contributed by atoms with van der Waals surface area (Å²) in [6.45, 7) is 13.5. The van der Waals surface area contributed by atoms with Gasteiger partial charge in [-0.05, 0) is 109 Å². The third-order valence-electron chi connectivity index (χ3n) is 7.51. The van der Waals surface area contributed by atoms with Gasteiger partial charge in [-0.1, -0.05) is 24.3 Å². The first-order valence-corrected chi connectivity index (χ1v) is 18.8. The maximum atomic E-state index is 11.5. The van der Waals surface area contributed by atoms with Crippen molar-refractivity contribution in [3.63, 3.8) is 0 Å². The Balaban J connectivity index is 0.000000330. The third kappa shape index (κ3) is 16.9. The number of hydrogen-bond acceptors (Lipinski definition) is 16. The molecule has 16 heteroatoms. The van der Waals surface area contributed by atoms with E-state index in [1.807, 2.05) is 26.0 Å². The Morgan fingerprint density at radius 1 is 0.355 bits per heavy atom. The molecular weight excluding hydrogens is 808 g/mol. The van der Waals surface area contributed by atoms with Crippen LogP contribution >= 0.6 is 0 Å². The molecule has 0 saturated heterocycles. The highest BCUT2D eigenvalue weighted by atomic mass is 16.6. The highest BCUT2D eigenvalue weighted by Gasteiger charge is 2.21. The van der Waals surface area contributed by atoms with Crippen LogP contribution in [0.25, 0.3) is 12.2 Å². The first-order valence-electron chi connectivity index (χ1n) is 18.8. The number of ether oxygens (including phenoxy) is 8. The van der Waals surface area contributed by atoms with Gasteiger partial charge >= 0.3 is 47.8 Å². The zero-order valence-corrected chi connectivity index (χ0v) is 35.9. The van der Waals surface area contributed by atoms with Crippen LogP contribution < -0.4 is 37.9 Å². The highest BCUT2D eigenvalue weighted by Crippen LogP contribution is 2.41. The lowest BCUT2D eigenvalue weighted by Crippen LogP contribution is -2.11. The van der Waals surface area contributed by atoms with Gasteiger partial charge in [0.1, 0.15) is 11.5 Å². The quantitative estimate of drug-likeness (QED) is 0.0731. The molecule has 4 aromatic rings. The zero-order chi connectivity index (χ0) is 46.3. The van der Waals surface area contributed by atoms with E-state index in [0.717, 1.165) is 22.3 Å². The van der Waals surface area contributed by atoms with Gasteiger partial charge in [0, 0.05) is 55.4 Å². The SMILES string of the molecule is CC(=O)Oc1cc(C)cc(/C=C/c2cc(OC(C)=O)c(OC(C)=O)c(OC(C)=O)c2)c1.CC(=O)Oc1cc(C)cc(CCc2cc(OC(C)=O)c(OC(C)=O)c(OC(C)=O)c2)c1. The lowest BCUT2D eigenvalue weighted by Gasteiger charge is -2.15. The van der Waals surface area contributed by atoms with E-state index in [4.69, 9.17) is 37.9 Å². The molecule has 62 heavy (non-hydrogen) atoms. The van der Waals surface area contributed by atoms with Gasteiger partial charge in [0.05, 0.1) is 0 Å². The first kappa shape index (κ1) is 48.7. The Hall–Kier alpha value is -7.62. The van der Waals surface area contributed by atoms with Crippen molar-refractivity contribution in [2.45, 2.75) is 82.1 Å². The van der Waals surface area contributed by atoms with Gasteiger partial charge in [-0.15, -0.1) is 0 Å². The van der Waals surface area contributed by atoms with E-state index < -0.39 is 47.8 Å². The Morgan fingerprint density at radius 3 is 1.03 bits per heavy atom. The molecule has 0 aliphatic carbocycles. The molecule has 4 aromatic carbocycles. The van der Waals surface area contributed by atoms with Gasteiger partial charge in [-0.3, -0.25) is 38.4 Å². The van der Waals surface area contributed by atoms with E-state index >= 15 is 0 Å². The summed E-state index contributed by atoms with van der Waals surface area (Å²) in [5.74, 6) is -4.39. The van der Waals surface area contributed by atoms with E-state index in [1.54, 1.807) is 48.6 Å². The first-order chi connectivity index (χ1) is 29.1. The third-order valence-corrected chi connectivity index (χ3v) is 7.51. The summed E-state index contributed by atoms with van der Waals surface area (Å²) in [6.07, 6.45) is 4.44. The minimum Gasteiger partial charge on any atom is -0.427 e. The number of carbonyl (C=O) groups is 8. The van der Waals surface area contributed by atoms with Crippen LogP contribution in [-0.4, -0.2) is 47.8 Å². The van der Waals surface area contributed by atoms with Crippen LogP contribution in [0.5, 0.6) is 46.0 Å². The molecule has 0 saturated carbocycles. The van der Waals surface area contributed by atoms with Crippen molar-refractivity contribution in [1.29, 1.82) is 0 Å². The number of hydrogen-bond donors (Lipinski definition) is 0. The molecule has 0 heterocycles. The van der Waals surface area contributed by atoms with Crippen molar-refractivity contribution < 1.29 is 76.3 Å². The summed E-state index contributed by atoms with van der Waals surface area (Å²) in [5.41, 5.74) is 4.65. The number of rotatable bonds is 13.